The maximum atomic E-state index is 8.75. The van der Waals surface area contributed by atoms with E-state index in [4.69, 9.17) is 21.6 Å². The summed E-state index contributed by atoms with van der Waals surface area (Å²) in [5.74, 6) is 0.740. The van der Waals surface area contributed by atoms with Gasteiger partial charge in [-0.15, -0.1) is 0 Å². The number of rotatable bonds is 5. The highest BCUT2D eigenvalue weighted by molar-refractivity contribution is 6.31. The Labute approximate surface area is 102 Å². The molecule has 0 heterocycles. The molecule has 2 nitrogen and oxygen atoms in total. The molecule has 0 fully saturated rings. The molecule has 0 aliphatic heterocycles. The average Bonchev–Trinajstić information content (AvgIpc) is 2.28. The second kappa shape index (κ2) is 6.40. The molecule has 86 valence electrons. The van der Waals surface area contributed by atoms with Gasteiger partial charge in [0, 0.05) is 6.07 Å². The summed E-state index contributed by atoms with van der Waals surface area (Å²) in [5.41, 5.74) is 0.484. The van der Waals surface area contributed by atoms with Crippen molar-refractivity contribution < 1.29 is 4.74 Å². The molecule has 16 heavy (non-hydrogen) atoms. The fourth-order valence-corrected chi connectivity index (χ4v) is 1.73. The SMILES string of the molecule is CCCC(CC)Oc1ccc(C#N)c(Cl)c1. The first-order valence-electron chi connectivity index (χ1n) is 5.57. The second-order valence-corrected chi connectivity index (χ2v) is 4.10. The summed E-state index contributed by atoms with van der Waals surface area (Å²) in [5, 5.41) is 9.20. The van der Waals surface area contributed by atoms with Crippen LogP contribution in [-0.4, -0.2) is 6.10 Å². The molecule has 0 aliphatic rings. The van der Waals surface area contributed by atoms with Crippen LogP contribution >= 0.6 is 11.6 Å². The lowest BCUT2D eigenvalue weighted by molar-refractivity contribution is 0.186. The molecular formula is C13H16ClNO. The Kier molecular flexibility index (Phi) is 5.14. The molecule has 0 saturated heterocycles. The van der Waals surface area contributed by atoms with Crippen LogP contribution in [0.4, 0.5) is 0 Å². The minimum absolute atomic E-state index is 0.231. The molecule has 0 bridgehead atoms. The maximum absolute atomic E-state index is 8.75. The molecule has 0 amide bonds. The van der Waals surface area contributed by atoms with Gasteiger partial charge in [-0.25, -0.2) is 0 Å². The van der Waals surface area contributed by atoms with E-state index in [-0.39, 0.29) is 6.10 Å². The van der Waals surface area contributed by atoms with Gasteiger partial charge in [-0.1, -0.05) is 31.9 Å². The van der Waals surface area contributed by atoms with Crippen molar-refractivity contribution in [3.05, 3.63) is 28.8 Å². The van der Waals surface area contributed by atoms with Crippen molar-refractivity contribution >= 4 is 11.6 Å². The molecule has 3 heteroatoms. The lowest BCUT2D eigenvalue weighted by Crippen LogP contribution is -2.14. The van der Waals surface area contributed by atoms with Crippen molar-refractivity contribution in [1.29, 1.82) is 5.26 Å². The zero-order valence-corrected chi connectivity index (χ0v) is 10.4. The molecular weight excluding hydrogens is 222 g/mol. The largest absolute Gasteiger partial charge is 0.490 e. The molecule has 1 aromatic carbocycles. The number of nitrogens with zero attached hydrogens (tertiary/aromatic N) is 1. The molecule has 1 aromatic rings. The molecule has 0 radical (unpaired) electrons. The van der Waals surface area contributed by atoms with Gasteiger partial charge in [-0.05, 0) is 25.0 Å². The Morgan fingerprint density at radius 2 is 2.19 bits per heavy atom. The smallest absolute Gasteiger partial charge is 0.121 e. The maximum Gasteiger partial charge on any atom is 0.121 e. The van der Waals surface area contributed by atoms with Crippen molar-refractivity contribution in [3.8, 4) is 11.8 Å². The van der Waals surface area contributed by atoms with Crippen LogP contribution in [0.25, 0.3) is 0 Å². The third-order valence-electron chi connectivity index (χ3n) is 2.43. The second-order valence-electron chi connectivity index (χ2n) is 3.69. The third-order valence-corrected chi connectivity index (χ3v) is 2.74. The molecule has 1 rings (SSSR count). The normalized spacial score (nSPS) is 11.9. The van der Waals surface area contributed by atoms with E-state index in [0.717, 1.165) is 25.0 Å². The first-order chi connectivity index (χ1) is 7.71. The van der Waals surface area contributed by atoms with Gasteiger partial charge in [0.05, 0.1) is 16.7 Å². The van der Waals surface area contributed by atoms with Gasteiger partial charge in [0.1, 0.15) is 11.8 Å². The third kappa shape index (κ3) is 3.43. The number of halogens is 1. The van der Waals surface area contributed by atoms with Gasteiger partial charge in [0.2, 0.25) is 0 Å². The monoisotopic (exact) mass is 237 g/mol. The Hall–Kier alpha value is -1.20. The summed E-state index contributed by atoms with van der Waals surface area (Å²) < 4.78 is 5.79. The summed E-state index contributed by atoms with van der Waals surface area (Å²) in [6, 6.07) is 7.22. The Morgan fingerprint density at radius 1 is 1.44 bits per heavy atom. The number of ether oxygens (including phenoxy) is 1. The minimum atomic E-state index is 0.231. The number of hydrogen-bond acceptors (Lipinski definition) is 2. The van der Waals surface area contributed by atoms with Crippen LogP contribution in [0.2, 0.25) is 5.02 Å². The fourth-order valence-electron chi connectivity index (χ4n) is 1.52. The summed E-state index contributed by atoms with van der Waals surface area (Å²) in [4.78, 5) is 0. The van der Waals surface area contributed by atoms with Crippen LogP contribution < -0.4 is 4.74 Å². The topological polar surface area (TPSA) is 33.0 Å². The highest BCUT2D eigenvalue weighted by Gasteiger charge is 2.08. The van der Waals surface area contributed by atoms with Gasteiger partial charge in [0.15, 0.2) is 0 Å². The molecule has 1 atom stereocenters. The van der Waals surface area contributed by atoms with Gasteiger partial charge < -0.3 is 4.74 Å². The molecule has 0 aliphatic carbocycles. The van der Waals surface area contributed by atoms with E-state index in [1.54, 1.807) is 18.2 Å². The molecule has 0 saturated carbocycles. The molecule has 1 unspecified atom stereocenters. The fraction of sp³-hybridized carbons (Fsp3) is 0.462. The summed E-state index contributed by atoms with van der Waals surface area (Å²) in [7, 11) is 0. The Morgan fingerprint density at radius 3 is 2.69 bits per heavy atom. The molecule has 0 spiro atoms. The Balaban J connectivity index is 2.74. The average molecular weight is 238 g/mol. The predicted octanol–water partition coefficient (Wildman–Crippen LogP) is 4.17. The molecule has 0 N–H and O–H groups in total. The van der Waals surface area contributed by atoms with Crippen molar-refractivity contribution in [1.82, 2.24) is 0 Å². The lowest BCUT2D eigenvalue weighted by Gasteiger charge is -2.16. The standard InChI is InChI=1S/C13H16ClNO/c1-3-5-11(4-2)16-12-7-6-10(9-15)13(14)8-12/h6-8,11H,3-5H2,1-2H3. The van der Waals surface area contributed by atoms with Crippen LogP contribution in [0.1, 0.15) is 38.7 Å². The van der Waals surface area contributed by atoms with Gasteiger partial charge >= 0.3 is 0 Å². The zero-order valence-electron chi connectivity index (χ0n) is 9.66. The van der Waals surface area contributed by atoms with Gasteiger partial charge in [-0.3, -0.25) is 0 Å². The number of benzene rings is 1. The van der Waals surface area contributed by atoms with Crippen LogP contribution in [0.3, 0.4) is 0 Å². The first kappa shape index (κ1) is 12.9. The van der Waals surface area contributed by atoms with Crippen LogP contribution in [0, 0.1) is 11.3 Å². The van der Waals surface area contributed by atoms with E-state index in [1.807, 2.05) is 6.07 Å². The summed E-state index contributed by atoms with van der Waals surface area (Å²) >= 11 is 5.93. The number of nitriles is 1. The zero-order chi connectivity index (χ0) is 12.0. The quantitative estimate of drug-likeness (QED) is 0.770. The molecule has 0 aromatic heterocycles. The van der Waals surface area contributed by atoms with Gasteiger partial charge in [0.25, 0.3) is 0 Å². The first-order valence-corrected chi connectivity index (χ1v) is 5.95. The van der Waals surface area contributed by atoms with Crippen LogP contribution in [0.15, 0.2) is 18.2 Å². The highest BCUT2D eigenvalue weighted by Crippen LogP contribution is 2.23. The van der Waals surface area contributed by atoms with Crippen molar-refractivity contribution in [2.45, 2.75) is 39.2 Å². The van der Waals surface area contributed by atoms with Crippen molar-refractivity contribution in [2.24, 2.45) is 0 Å². The predicted molar refractivity (Wildman–Crippen MR) is 65.8 cm³/mol. The van der Waals surface area contributed by atoms with Gasteiger partial charge in [-0.2, -0.15) is 5.26 Å². The van der Waals surface area contributed by atoms with Crippen molar-refractivity contribution in [2.75, 3.05) is 0 Å². The van der Waals surface area contributed by atoms with E-state index < -0.39 is 0 Å². The summed E-state index contributed by atoms with van der Waals surface area (Å²) in [6.45, 7) is 4.24. The van der Waals surface area contributed by atoms with Crippen LogP contribution in [0.5, 0.6) is 5.75 Å². The van der Waals surface area contributed by atoms with Crippen LogP contribution in [-0.2, 0) is 0 Å². The Bertz CT molecular complexity index is 384. The van der Waals surface area contributed by atoms with E-state index in [2.05, 4.69) is 13.8 Å². The highest BCUT2D eigenvalue weighted by atomic mass is 35.5. The van der Waals surface area contributed by atoms with E-state index in [1.165, 1.54) is 0 Å². The minimum Gasteiger partial charge on any atom is -0.490 e. The van der Waals surface area contributed by atoms with E-state index in [0.29, 0.717) is 10.6 Å². The van der Waals surface area contributed by atoms with E-state index in [9.17, 15) is 0 Å². The number of hydrogen-bond donors (Lipinski definition) is 0. The lowest BCUT2D eigenvalue weighted by atomic mass is 10.1. The summed E-state index contributed by atoms with van der Waals surface area (Å²) in [6.07, 6.45) is 3.34. The van der Waals surface area contributed by atoms with Crippen molar-refractivity contribution in [3.63, 3.8) is 0 Å². The van der Waals surface area contributed by atoms with E-state index >= 15 is 0 Å².